The minimum absolute atomic E-state index is 0.00269. The third-order valence-corrected chi connectivity index (χ3v) is 5.99. The van der Waals surface area contributed by atoms with Gasteiger partial charge in [0.25, 0.3) is 5.56 Å². The molecule has 28 heavy (non-hydrogen) atoms. The Kier molecular flexibility index (Phi) is 4.87. The summed E-state index contributed by atoms with van der Waals surface area (Å²) in [6, 6.07) is 8.39. The second-order valence-electron chi connectivity index (χ2n) is 7.23. The van der Waals surface area contributed by atoms with Crippen LogP contribution in [-0.2, 0) is 12.7 Å². The molecule has 9 heteroatoms. The molecule has 1 N–H and O–H groups in total. The number of halogens is 4. The number of fused-ring (bicyclic) bond motifs is 4. The monoisotopic (exact) mass is 427 g/mol. The summed E-state index contributed by atoms with van der Waals surface area (Å²) < 4.78 is 40.8. The molecule has 1 aromatic heterocycles. The number of hydrogen-bond donors (Lipinski definition) is 1. The number of benzene rings is 1. The molecule has 0 radical (unpaired) electrons. The molecule has 0 spiro atoms. The van der Waals surface area contributed by atoms with Gasteiger partial charge in [0.2, 0.25) is 0 Å². The summed E-state index contributed by atoms with van der Waals surface area (Å²) in [6.07, 6.45) is -3.49. The van der Waals surface area contributed by atoms with Crippen molar-refractivity contribution in [3.63, 3.8) is 0 Å². The highest BCUT2D eigenvalue weighted by molar-refractivity contribution is 7.80. The quantitative estimate of drug-likeness (QED) is 0.687. The molecule has 1 saturated heterocycles. The minimum atomic E-state index is -4.46. The molecular formula is C19H17ClF3N3OS. The molecule has 4 rings (SSSR count). The Hall–Kier alpha value is -2.06. The lowest BCUT2D eigenvalue weighted by Gasteiger charge is -2.43. The van der Waals surface area contributed by atoms with Crippen LogP contribution in [0.5, 0.6) is 0 Å². The Bertz CT molecular complexity index is 991. The number of nitrogens with zero attached hydrogens (tertiary/aromatic N) is 2. The number of pyridine rings is 1. The largest absolute Gasteiger partial charge is 0.416 e. The number of thiocarbonyl (C=S) groups is 1. The smallest absolute Gasteiger partial charge is 0.348 e. The molecule has 2 atom stereocenters. The van der Waals surface area contributed by atoms with E-state index in [0.29, 0.717) is 24.7 Å². The lowest BCUT2D eigenvalue weighted by molar-refractivity contribution is -0.137. The van der Waals surface area contributed by atoms with E-state index in [9.17, 15) is 18.0 Å². The number of aromatic nitrogens is 1. The van der Waals surface area contributed by atoms with E-state index in [2.05, 4.69) is 5.32 Å². The van der Waals surface area contributed by atoms with Gasteiger partial charge in [0.1, 0.15) is 0 Å². The van der Waals surface area contributed by atoms with Gasteiger partial charge in [-0.3, -0.25) is 4.79 Å². The lowest BCUT2D eigenvalue weighted by atomic mass is 9.83. The molecule has 3 heterocycles. The summed E-state index contributed by atoms with van der Waals surface area (Å²) in [7, 11) is 0. The maximum Gasteiger partial charge on any atom is 0.416 e. The van der Waals surface area contributed by atoms with Crippen molar-refractivity contribution in [2.24, 2.45) is 5.92 Å². The number of hydrogen-bond acceptors (Lipinski definition) is 2. The molecule has 2 aliphatic rings. The maximum atomic E-state index is 13.0. The normalized spacial score (nSPS) is 21.2. The van der Waals surface area contributed by atoms with E-state index in [1.807, 2.05) is 15.5 Å². The fourth-order valence-electron chi connectivity index (χ4n) is 4.05. The standard InChI is InChI=1S/C19H17ClF3N3OS/c20-14-5-4-13(19(21,22)23)7-15(14)24-18(28)25-8-11-6-12(10-25)16-2-1-3-17(27)26(16)9-11/h1-5,7,11-12H,6,8-10H2,(H,24,28)/t11-,12+/m1/s1. The van der Waals surface area contributed by atoms with E-state index >= 15 is 0 Å². The average molecular weight is 428 g/mol. The van der Waals surface area contributed by atoms with Gasteiger partial charge in [0.15, 0.2) is 5.11 Å². The van der Waals surface area contributed by atoms with Crippen molar-refractivity contribution >= 4 is 34.6 Å². The van der Waals surface area contributed by atoms with Crippen molar-refractivity contribution in [3.8, 4) is 0 Å². The van der Waals surface area contributed by atoms with E-state index in [0.717, 1.165) is 24.2 Å². The zero-order chi connectivity index (χ0) is 20.1. The van der Waals surface area contributed by atoms with Gasteiger partial charge in [-0.1, -0.05) is 17.7 Å². The first-order valence-electron chi connectivity index (χ1n) is 8.85. The molecular weight excluding hydrogens is 411 g/mol. The molecule has 4 nitrogen and oxygen atoms in total. The molecule has 1 fully saturated rings. The first-order chi connectivity index (χ1) is 13.2. The molecule has 0 amide bonds. The van der Waals surface area contributed by atoms with E-state index in [-0.39, 0.29) is 28.1 Å². The van der Waals surface area contributed by atoms with Crippen molar-refractivity contribution < 1.29 is 13.2 Å². The number of piperidine rings is 1. The third-order valence-electron chi connectivity index (χ3n) is 5.30. The Balaban J connectivity index is 1.54. The second-order valence-corrected chi connectivity index (χ2v) is 8.02. The Labute approximate surface area is 169 Å². The van der Waals surface area contributed by atoms with Gasteiger partial charge in [-0.2, -0.15) is 13.2 Å². The molecule has 2 aliphatic heterocycles. The van der Waals surface area contributed by atoms with Crippen LogP contribution in [0, 0.1) is 5.92 Å². The van der Waals surface area contributed by atoms with Gasteiger partial charge in [-0.05, 0) is 48.8 Å². The van der Waals surface area contributed by atoms with Crippen LogP contribution in [0.3, 0.4) is 0 Å². The number of nitrogens with one attached hydrogen (secondary N) is 1. The Morgan fingerprint density at radius 1 is 1.18 bits per heavy atom. The predicted molar refractivity (Wildman–Crippen MR) is 106 cm³/mol. The molecule has 2 bridgehead atoms. The second kappa shape index (κ2) is 7.08. The van der Waals surface area contributed by atoms with E-state index in [4.69, 9.17) is 23.8 Å². The Morgan fingerprint density at radius 2 is 1.96 bits per heavy atom. The highest BCUT2D eigenvalue weighted by Gasteiger charge is 2.36. The van der Waals surface area contributed by atoms with Crippen LogP contribution in [0.2, 0.25) is 5.02 Å². The van der Waals surface area contributed by atoms with Crippen LogP contribution in [0.25, 0.3) is 0 Å². The van der Waals surface area contributed by atoms with E-state index in [1.54, 1.807) is 12.1 Å². The predicted octanol–water partition coefficient (Wildman–Crippen LogP) is 4.34. The van der Waals surface area contributed by atoms with Gasteiger partial charge >= 0.3 is 6.18 Å². The summed E-state index contributed by atoms with van der Waals surface area (Å²) >= 11 is 11.5. The molecule has 2 aromatic rings. The summed E-state index contributed by atoms with van der Waals surface area (Å²) in [5.41, 5.74) is 0.324. The first-order valence-corrected chi connectivity index (χ1v) is 9.63. The zero-order valence-corrected chi connectivity index (χ0v) is 16.2. The van der Waals surface area contributed by atoms with Crippen LogP contribution in [-0.4, -0.2) is 27.7 Å². The van der Waals surface area contributed by atoms with E-state index in [1.165, 1.54) is 6.07 Å². The molecule has 148 valence electrons. The highest BCUT2D eigenvalue weighted by atomic mass is 35.5. The summed E-state index contributed by atoms with van der Waals surface area (Å²) in [4.78, 5) is 14.1. The number of alkyl halides is 3. The maximum absolute atomic E-state index is 13.0. The van der Waals surface area contributed by atoms with Gasteiger partial charge in [0, 0.05) is 37.3 Å². The van der Waals surface area contributed by atoms with Crippen molar-refractivity contribution in [1.29, 1.82) is 0 Å². The van der Waals surface area contributed by atoms with Crippen molar-refractivity contribution in [2.45, 2.75) is 25.1 Å². The van der Waals surface area contributed by atoms with Gasteiger partial charge in [-0.15, -0.1) is 0 Å². The summed E-state index contributed by atoms with van der Waals surface area (Å²) in [5, 5.41) is 3.38. The summed E-state index contributed by atoms with van der Waals surface area (Å²) in [6.45, 7) is 1.86. The zero-order valence-electron chi connectivity index (χ0n) is 14.7. The van der Waals surface area contributed by atoms with Crippen molar-refractivity contribution in [1.82, 2.24) is 9.47 Å². The van der Waals surface area contributed by atoms with Crippen LogP contribution in [0.1, 0.15) is 23.6 Å². The van der Waals surface area contributed by atoms with Gasteiger partial charge in [-0.25, -0.2) is 0 Å². The summed E-state index contributed by atoms with van der Waals surface area (Å²) in [5.74, 6) is 0.404. The van der Waals surface area contributed by atoms with Crippen LogP contribution >= 0.6 is 23.8 Å². The molecule has 0 saturated carbocycles. The third kappa shape index (κ3) is 3.63. The SMILES string of the molecule is O=c1cccc2n1C[C@@H]1C[C@H]2CN(C(=S)Nc2cc(C(F)(F)F)ccc2Cl)C1. The number of anilines is 1. The Morgan fingerprint density at radius 3 is 2.71 bits per heavy atom. The average Bonchev–Trinajstić information content (AvgIpc) is 2.63. The molecule has 0 unspecified atom stereocenters. The van der Waals surface area contributed by atoms with Crippen LogP contribution in [0.15, 0.2) is 41.2 Å². The van der Waals surface area contributed by atoms with Crippen molar-refractivity contribution in [3.05, 3.63) is 63.0 Å². The topological polar surface area (TPSA) is 37.3 Å². The molecule has 1 aromatic carbocycles. The van der Waals surface area contributed by atoms with Gasteiger partial charge in [0.05, 0.1) is 16.3 Å². The molecule has 0 aliphatic carbocycles. The number of likely N-dealkylation sites (tertiary alicyclic amines) is 1. The fraction of sp³-hybridized carbons (Fsp3) is 0.368. The fourth-order valence-corrected chi connectivity index (χ4v) is 4.48. The van der Waals surface area contributed by atoms with Crippen LogP contribution < -0.4 is 10.9 Å². The lowest BCUT2D eigenvalue weighted by Crippen LogP contribution is -2.50. The van der Waals surface area contributed by atoms with Crippen LogP contribution in [0.4, 0.5) is 18.9 Å². The minimum Gasteiger partial charge on any atom is -0.348 e. The highest BCUT2D eigenvalue weighted by Crippen LogP contribution is 2.36. The van der Waals surface area contributed by atoms with Crippen molar-refractivity contribution in [2.75, 3.05) is 18.4 Å². The van der Waals surface area contributed by atoms with E-state index < -0.39 is 11.7 Å². The first kappa shape index (κ1) is 19.3. The number of rotatable bonds is 1. The van der Waals surface area contributed by atoms with Gasteiger partial charge < -0.3 is 14.8 Å².